The number of hydrogen-bond donors (Lipinski definition) is 1. The van der Waals surface area contributed by atoms with Gasteiger partial charge < -0.3 is 10.2 Å². The van der Waals surface area contributed by atoms with Crippen LogP contribution in [-0.4, -0.2) is 42.7 Å². The van der Waals surface area contributed by atoms with Crippen molar-refractivity contribution in [3.05, 3.63) is 0 Å². The zero-order chi connectivity index (χ0) is 12.6. The fraction of sp³-hybridized carbons (Fsp3) is 0.900. The maximum absolute atomic E-state index is 12.5. The fourth-order valence-corrected chi connectivity index (χ4v) is 1.63. The number of alkyl halides is 3. The zero-order valence-electron chi connectivity index (χ0n) is 9.69. The first-order valence-electron chi connectivity index (χ1n) is 5.22. The third-order valence-electron chi connectivity index (χ3n) is 2.50. The summed E-state index contributed by atoms with van der Waals surface area (Å²) in [5.74, 6) is -0.233. The number of rotatable bonds is 0. The Morgan fingerprint density at radius 1 is 1.31 bits per heavy atom. The van der Waals surface area contributed by atoms with Crippen molar-refractivity contribution in [2.24, 2.45) is 5.41 Å². The topological polar surface area (TPSA) is 32.3 Å². The van der Waals surface area contributed by atoms with E-state index in [-0.39, 0.29) is 19.0 Å². The van der Waals surface area contributed by atoms with Gasteiger partial charge in [-0.05, 0) is 0 Å². The van der Waals surface area contributed by atoms with Gasteiger partial charge >= 0.3 is 6.18 Å². The zero-order valence-corrected chi connectivity index (χ0v) is 9.69. The molecular weight excluding hydrogens is 221 g/mol. The Bertz CT molecular complexity index is 270. The van der Waals surface area contributed by atoms with Gasteiger partial charge in [0, 0.05) is 25.0 Å². The molecule has 1 N–H and O–H groups in total. The summed E-state index contributed by atoms with van der Waals surface area (Å²) in [4.78, 5) is 13.1. The molecule has 3 nitrogen and oxygen atoms in total. The number of nitrogens with zero attached hydrogens (tertiary/aromatic N) is 1. The molecule has 0 spiro atoms. The van der Waals surface area contributed by atoms with E-state index >= 15 is 0 Å². The molecular formula is C10H17F3N2O. The van der Waals surface area contributed by atoms with Crippen LogP contribution in [0.5, 0.6) is 0 Å². The van der Waals surface area contributed by atoms with Crippen molar-refractivity contribution in [1.29, 1.82) is 0 Å². The van der Waals surface area contributed by atoms with Crippen LogP contribution in [0.1, 0.15) is 20.8 Å². The van der Waals surface area contributed by atoms with Crippen LogP contribution in [-0.2, 0) is 4.79 Å². The molecule has 0 aliphatic carbocycles. The number of amides is 1. The minimum atomic E-state index is -4.29. The van der Waals surface area contributed by atoms with Gasteiger partial charge in [0.1, 0.15) is 6.04 Å². The number of carbonyl (C=O) groups excluding carboxylic acids is 1. The Morgan fingerprint density at radius 3 is 2.31 bits per heavy atom. The third-order valence-corrected chi connectivity index (χ3v) is 2.50. The molecule has 6 heteroatoms. The quantitative estimate of drug-likeness (QED) is 0.691. The molecule has 94 valence electrons. The summed E-state index contributed by atoms with van der Waals surface area (Å²) in [5.41, 5.74) is -0.631. The first-order valence-corrected chi connectivity index (χ1v) is 5.22. The summed E-state index contributed by atoms with van der Waals surface area (Å²) in [5, 5.41) is 2.38. The predicted octanol–water partition coefficient (Wildman–Crippen LogP) is 1.40. The van der Waals surface area contributed by atoms with Crippen molar-refractivity contribution in [2.45, 2.75) is 33.0 Å². The second-order valence-corrected chi connectivity index (χ2v) is 5.05. The van der Waals surface area contributed by atoms with E-state index in [4.69, 9.17) is 0 Å². The van der Waals surface area contributed by atoms with Crippen LogP contribution in [0.25, 0.3) is 0 Å². The Labute approximate surface area is 93.0 Å². The van der Waals surface area contributed by atoms with Crippen molar-refractivity contribution in [3.8, 4) is 0 Å². The van der Waals surface area contributed by atoms with E-state index in [9.17, 15) is 18.0 Å². The van der Waals surface area contributed by atoms with Crippen LogP contribution >= 0.6 is 0 Å². The van der Waals surface area contributed by atoms with Crippen molar-refractivity contribution in [3.63, 3.8) is 0 Å². The lowest BCUT2D eigenvalue weighted by Crippen LogP contribution is -2.59. The number of hydrogen-bond acceptors (Lipinski definition) is 2. The Balaban J connectivity index is 2.68. The lowest BCUT2D eigenvalue weighted by atomic mass is 9.94. The summed E-state index contributed by atoms with van der Waals surface area (Å²) >= 11 is 0. The molecule has 1 fully saturated rings. The molecule has 0 radical (unpaired) electrons. The van der Waals surface area contributed by atoms with E-state index in [1.165, 1.54) is 4.90 Å². The highest BCUT2D eigenvalue weighted by Gasteiger charge is 2.43. The average molecular weight is 238 g/mol. The highest BCUT2D eigenvalue weighted by molar-refractivity contribution is 5.81. The molecule has 1 saturated heterocycles. The molecule has 1 aliphatic rings. The van der Waals surface area contributed by atoms with Crippen LogP contribution < -0.4 is 5.32 Å². The van der Waals surface area contributed by atoms with Crippen molar-refractivity contribution >= 4 is 5.91 Å². The second-order valence-electron chi connectivity index (χ2n) is 5.05. The summed E-state index contributed by atoms with van der Waals surface area (Å²) in [6.07, 6.45) is -4.29. The van der Waals surface area contributed by atoms with E-state index < -0.39 is 17.6 Å². The molecule has 0 aromatic carbocycles. The summed E-state index contributed by atoms with van der Waals surface area (Å²) < 4.78 is 37.4. The molecule has 1 atom stereocenters. The van der Waals surface area contributed by atoms with Crippen LogP contribution in [0.4, 0.5) is 13.2 Å². The van der Waals surface area contributed by atoms with Crippen molar-refractivity contribution in [2.75, 3.05) is 19.6 Å². The molecule has 16 heavy (non-hydrogen) atoms. The van der Waals surface area contributed by atoms with E-state index in [0.717, 1.165) is 0 Å². The first kappa shape index (κ1) is 13.3. The highest BCUT2D eigenvalue weighted by Crippen LogP contribution is 2.25. The Hall–Kier alpha value is -0.780. The number of halogens is 3. The van der Waals surface area contributed by atoms with Crippen LogP contribution in [0, 0.1) is 5.41 Å². The summed E-state index contributed by atoms with van der Waals surface area (Å²) in [7, 11) is 0. The molecule has 1 amide bonds. The lowest BCUT2D eigenvalue weighted by molar-refractivity contribution is -0.170. The van der Waals surface area contributed by atoms with Gasteiger partial charge in [-0.2, -0.15) is 13.2 Å². The molecule has 0 aromatic heterocycles. The molecule has 0 bridgehead atoms. The standard InChI is InChI=1S/C10H17F3N2O/c1-9(2,3)8(16)15-5-4-14-7(6-15)10(11,12)13/h7,14H,4-6H2,1-3H3/t7-/m0/s1. The smallest absolute Gasteiger partial charge is 0.339 e. The summed E-state index contributed by atoms with van der Waals surface area (Å²) in [6.45, 7) is 5.36. The Morgan fingerprint density at radius 2 is 1.88 bits per heavy atom. The maximum Gasteiger partial charge on any atom is 0.405 e. The second kappa shape index (κ2) is 4.24. The van der Waals surface area contributed by atoms with Crippen molar-refractivity contribution in [1.82, 2.24) is 10.2 Å². The summed E-state index contributed by atoms with van der Waals surface area (Å²) in [6, 6.07) is -1.60. The van der Waals surface area contributed by atoms with Gasteiger partial charge in [-0.1, -0.05) is 20.8 Å². The van der Waals surface area contributed by atoms with Crippen LogP contribution in [0.3, 0.4) is 0 Å². The van der Waals surface area contributed by atoms with Gasteiger partial charge in [0.05, 0.1) is 0 Å². The largest absolute Gasteiger partial charge is 0.405 e. The number of carbonyl (C=O) groups is 1. The van der Waals surface area contributed by atoms with Gasteiger partial charge in [-0.15, -0.1) is 0 Å². The average Bonchev–Trinajstić information content (AvgIpc) is 2.14. The minimum absolute atomic E-state index is 0.187. The van der Waals surface area contributed by atoms with E-state index in [2.05, 4.69) is 5.32 Å². The van der Waals surface area contributed by atoms with E-state index in [1.807, 2.05) is 0 Å². The SMILES string of the molecule is CC(C)(C)C(=O)N1CCN[C@H](C(F)(F)F)C1. The molecule has 1 aliphatic heterocycles. The van der Waals surface area contributed by atoms with Crippen LogP contribution in [0.2, 0.25) is 0 Å². The van der Waals surface area contributed by atoms with Gasteiger partial charge in [-0.3, -0.25) is 4.79 Å². The predicted molar refractivity (Wildman–Crippen MR) is 53.9 cm³/mol. The van der Waals surface area contributed by atoms with Gasteiger partial charge in [0.15, 0.2) is 0 Å². The minimum Gasteiger partial charge on any atom is -0.339 e. The van der Waals surface area contributed by atoms with E-state index in [1.54, 1.807) is 20.8 Å². The van der Waals surface area contributed by atoms with Gasteiger partial charge in [0.25, 0.3) is 0 Å². The molecule has 0 aromatic rings. The number of nitrogens with one attached hydrogen (secondary N) is 1. The normalized spacial score (nSPS) is 23.4. The number of piperazine rings is 1. The van der Waals surface area contributed by atoms with Crippen molar-refractivity contribution < 1.29 is 18.0 Å². The molecule has 1 rings (SSSR count). The highest BCUT2D eigenvalue weighted by atomic mass is 19.4. The van der Waals surface area contributed by atoms with Crippen LogP contribution in [0.15, 0.2) is 0 Å². The monoisotopic (exact) mass is 238 g/mol. The molecule has 0 unspecified atom stereocenters. The van der Waals surface area contributed by atoms with Gasteiger partial charge in [-0.25, -0.2) is 0 Å². The fourth-order valence-electron chi connectivity index (χ4n) is 1.63. The molecule has 1 heterocycles. The maximum atomic E-state index is 12.5. The van der Waals surface area contributed by atoms with Gasteiger partial charge in [0.2, 0.25) is 5.91 Å². The first-order chi connectivity index (χ1) is 7.12. The Kier molecular flexibility index (Phi) is 3.52. The lowest BCUT2D eigenvalue weighted by Gasteiger charge is -2.37. The molecule has 0 saturated carbocycles. The third kappa shape index (κ3) is 3.10. The van der Waals surface area contributed by atoms with E-state index in [0.29, 0.717) is 6.54 Å².